The molecule has 3 heteroatoms. The molecule has 3 atom stereocenters. The second kappa shape index (κ2) is 4.15. The number of fused-ring (bicyclic) bond motifs is 1. The summed E-state index contributed by atoms with van der Waals surface area (Å²) in [7, 11) is 0. The van der Waals surface area contributed by atoms with Crippen LogP contribution in [0.3, 0.4) is 0 Å². The van der Waals surface area contributed by atoms with Gasteiger partial charge in [0.15, 0.2) is 5.60 Å². The van der Waals surface area contributed by atoms with Gasteiger partial charge in [-0.15, -0.1) is 0 Å². The highest BCUT2D eigenvalue weighted by molar-refractivity contribution is 5.38. The third-order valence-corrected chi connectivity index (χ3v) is 3.34. The fourth-order valence-electron chi connectivity index (χ4n) is 2.44. The Morgan fingerprint density at radius 3 is 2.94 bits per heavy atom. The first-order valence-electron chi connectivity index (χ1n) is 5.90. The molecule has 2 aliphatic heterocycles. The fourth-order valence-corrected chi connectivity index (χ4v) is 2.44. The van der Waals surface area contributed by atoms with Crippen LogP contribution in [0, 0.1) is 11.8 Å². The van der Waals surface area contributed by atoms with E-state index in [1.807, 2.05) is 30.3 Å². The highest BCUT2D eigenvalue weighted by Crippen LogP contribution is 2.36. The van der Waals surface area contributed by atoms with Crippen molar-refractivity contribution in [2.24, 2.45) is 5.73 Å². The SMILES string of the molecule is NC1COC2(C#Cc3ccccc3)CCOC12. The van der Waals surface area contributed by atoms with Crippen molar-refractivity contribution in [3.05, 3.63) is 35.9 Å². The largest absolute Gasteiger partial charge is 0.372 e. The minimum Gasteiger partial charge on any atom is -0.372 e. The van der Waals surface area contributed by atoms with Gasteiger partial charge in [0.05, 0.1) is 19.3 Å². The molecule has 2 heterocycles. The van der Waals surface area contributed by atoms with Crippen molar-refractivity contribution >= 4 is 0 Å². The fraction of sp³-hybridized carbons (Fsp3) is 0.429. The molecule has 1 aromatic rings. The Hall–Kier alpha value is -1.34. The van der Waals surface area contributed by atoms with E-state index >= 15 is 0 Å². The molecule has 3 rings (SSSR count). The van der Waals surface area contributed by atoms with E-state index in [2.05, 4.69) is 11.8 Å². The number of rotatable bonds is 0. The van der Waals surface area contributed by atoms with E-state index in [4.69, 9.17) is 15.2 Å². The first-order valence-corrected chi connectivity index (χ1v) is 5.90. The predicted octanol–water partition coefficient (Wildman–Crippen LogP) is 0.923. The van der Waals surface area contributed by atoms with Crippen LogP contribution in [0.5, 0.6) is 0 Å². The summed E-state index contributed by atoms with van der Waals surface area (Å²) in [5.74, 6) is 6.39. The smallest absolute Gasteiger partial charge is 0.158 e. The number of benzene rings is 1. The van der Waals surface area contributed by atoms with Gasteiger partial charge in [-0.05, 0) is 12.1 Å². The molecule has 17 heavy (non-hydrogen) atoms. The maximum atomic E-state index is 5.96. The topological polar surface area (TPSA) is 44.5 Å². The molecule has 0 spiro atoms. The van der Waals surface area contributed by atoms with Crippen molar-refractivity contribution in [2.75, 3.05) is 13.2 Å². The summed E-state index contributed by atoms with van der Waals surface area (Å²) in [4.78, 5) is 0. The van der Waals surface area contributed by atoms with Crippen LogP contribution in [0.4, 0.5) is 0 Å². The lowest BCUT2D eigenvalue weighted by molar-refractivity contribution is 0.0238. The summed E-state index contributed by atoms with van der Waals surface area (Å²) < 4.78 is 11.4. The van der Waals surface area contributed by atoms with Crippen LogP contribution in [0.15, 0.2) is 30.3 Å². The zero-order valence-corrected chi connectivity index (χ0v) is 9.56. The van der Waals surface area contributed by atoms with Crippen LogP contribution in [0.25, 0.3) is 0 Å². The molecule has 0 aliphatic carbocycles. The minimum atomic E-state index is -0.477. The molecule has 0 amide bonds. The lowest BCUT2D eigenvalue weighted by Gasteiger charge is -2.20. The number of ether oxygens (including phenoxy) is 2. The number of nitrogens with two attached hydrogens (primary N) is 1. The van der Waals surface area contributed by atoms with Gasteiger partial charge in [0, 0.05) is 12.0 Å². The van der Waals surface area contributed by atoms with Gasteiger partial charge in [-0.3, -0.25) is 0 Å². The number of hydrogen-bond acceptors (Lipinski definition) is 3. The van der Waals surface area contributed by atoms with E-state index < -0.39 is 5.60 Å². The van der Waals surface area contributed by atoms with Gasteiger partial charge >= 0.3 is 0 Å². The minimum absolute atomic E-state index is 0.0532. The third-order valence-electron chi connectivity index (χ3n) is 3.34. The normalized spacial score (nSPS) is 35.1. The molecule has 2 saturated heterocycles. The maximum absolute atomic E-state index is 5.96. The van der Waals surface area contributed by atoms with Crippen LogP contribution in [-0.4, -0.2) is 31.0 Å². The van der Waals surface area contributed by atoms with E-state index in [9.17, 15) is 0 Å². The summed E-state index contributed by atoms with van der Waals surface area (Å²) in [5, 5.41) is 0. The van der Waals surface area contributed by atoms with Crippen molar-refractivity contribution in [1.29, 1.82) is 0 Å². The molecule has 0 aromatic heterocycles. The van der Waals surface area contributed by atoms with Gasteiger partial charge in [0.1, 0.15) is 6.10 Å². The Kier molecular flexibility index (Phi) is 2.64. The van der Waals surface area contributed by atoms with E-state index in [-0.39, 0.29) is 12.1 Å². The predicted molar refractivity (Wildman–Crippen MR) is 64.3 cm³/mol. The Morgan fingerprint density at radius 1 is 1.29 bits per heavy atom. The van der Waals surface area contributed by atoms with Gasteiger partial charge in [0.2, 0.25) is 0 Å². The van der Waals surface area contributed by atoms with Crippen LogP contribution >= 0.6 is 0 Å². The lowest BCUT2D eigenvalue weighted by atomic mass is 9.94. The molecular formula is C14H15NO2. The molecule has 0 bridgehead atoms. The molecule has 1 aromatic carbocycles. The molecule has 0 saturated carbocycles. The van der Waals surface area contributed by atoms with Gasteiger partial charge in [-0.25, -0.2) is 0 Å². The summed E-state index contributed by atoms with van der Waals surface area (Å²) in [6.45, 7) is 1.22. The van der Waals surface area contributed by atoms with Crippen molar-refractivity contribution in [3.63, 3.8) is 0 Å². The second-order valence-electron chi connectivity index (χ2n) is 4.52. The first-order chi connectivity index (χ1) is 8.30. The average Bonchev–Trinajstić information content (AvgIpc) is 2.90. The van der Waals surface area contributed by atoms with Crippen molar-refractivity contribution in [1.82, 2.24) is 0 Å². The molecular weight excluding hydrogens is 214 g/mol. The van der Waals surface area contributed by atoms with Crippen LogP contribution in [0.1, 0.15) is 12.0 Å². The maximum Gasteiger partial charge on any atom is 0.158 e. The Morgan fingerprint density at radius 2 is 2.12 bits per heavy atom. The van der Waals surface area contributed by atoms with E-state index in [0.29, 0.717) is 13.2 Å². The van der Waals surface area contributed by atoms with Crippen LogP contribution in [0.2, 0.25) is 0 Å². The molecule has 0 radical (unpaired) electrons. The van der Waals surface area contributed by atoms with E-state index in [0.717, 1.165) is 12.0 Å². The number of hydrogen-bond donors (Lipinski definition) is 1. The van der Waals surface area contributed by atoms with Gasteiger partial charge < -0.3 is 15.2 Å². The summed E-state index contributed by atoms with van der Waals surface area (Å²) >= 11 is 0. The zero-order valence-electron chi connectivity index (χ0n) is 9.56. The summed E-state index contributed by atoms with van der Waals surface area (Å²) in [6.07, 6.45) is 0.740. The molecule has 2 N–H and O–H groups in total. The van der Waals surface area contributed by atoms with Gasteiger partial charge in [-0.2, -0.15) is 0 Å². The molecule has 2 fully saturated rings. The molecule has 2 aliphatic rings. The van der Waals surface area contributed by atoms with Gasteiger partial charge in [-0.1, -0.05) is 30.0 Å². The average molecular weight is 229 g/mol. The van der Waals surface area contributed by atoms with E-state index in [1.165, 1.54) is 0 Å². The zero-order chi connectivity index (χ0) is 11.7. The van der Waals surface area contributed by atoms with Crippen molar-refractivity contribution < 1.29 is 9.47 Å². The van der Waals surface area contributed by atoms with Crippen LogP contribution < -0.4 is 5.73 Å². The second-order valence-corrected chi connectivity index (χ2v) is 4.52. The molecule has 88 valence electrons. The lowest BCUT2D eigenvalue weighted by Crippen LogP contribution is -2.41. The first kappa shape index (κ1) is 10.8. The Balaban J connectivity index is 1.88. The highest BCUT2D eigenvalue weighted by atomic mass is 16.6. The summed E-state index contributed by atoms with van der Waals surface area (Å²) in [5.41, 5.74) is 6.48. The Labute approximate surface area is 101 Å². The standard InChI is InChI=1S/C14H15NO2/c15-12-10-17-14(8-9-16-13(12)14)7-6-11-4-2-1-3-5-11/h1-5,12-13H,8-10,15H2. The molecule has 3 nitrogen and oxygen atoms in total. The molecule has 3 unspecified atom stereocenters. The third kappa shape index (κ3) is 1.85. The monoisotopic (exact) mass is 229 g/mol. The quantitative estimate of drug-likeness (QED) is 0.673. The highest BCUT2D eigenvalue weighted by Gasteiger charge is 2.52. The van der Waals surface area contributed by atoms with Crippen molar-refractivity contribution in [2.45, 2.75) is 24.2 Å². The van der Waals surface area contributed by atoms with Crippen LogP contribution in [-0.2, 0) is 9.47 Å². The van der Waals surface area contributed by atoms with Gasteiger partial charge in [0.25, 0.3) is 0 Å². The summed E-state index contributed by atoms with van der Waals surface area (Å²) in [6, 6.07) is 9.86. The van der Waals surface area contributed by atoms with E-state index in [1.54, 1.807) is 0 Å². The Bertz CT molecular complexity index is 462. The van der Waals surface area contributed by atoms with Crippen molar-refractivity contribution in [3.8, 4) is 11.8 Å².